The second kappa shape index (κ2) is 5.13. The Balaban J connectivity index is 1.89. The summed E-state index contributed by atoms with van der Waals surface area (Å²) < 4.78 is 4.56. The summed E-state index contributed by atoms with van der Waals surface area (Å²) in [6.45, 7) is 0.616. The summed E-state index contributed by atoms with van der Waals surface area (Å²) in [5.41, 5.74) is 0.682. The minimum Gasteiger partial charge on any atom is -0.469 e. The molecule has 92 valence electrons. The van der Waals surface area contributed by atoms with E-state index >= 15 is 0 Å². The molecule has 1 aromatic heterocycles. The fourth-order valence-electron chi connectivity index (χ4n) is 1.56. The lowest BCUT2D eigenvalue weighted by Gasteiger charge is -2.07. The number of carbonyl (C=O) groups is 2. The van der Waals surface area contributed by atoms with Crippen molar-refractivity contribution in [1.82, 2.24) is 10.3 Å². The van der Waals surface area contributed by atoms with Crippen LogP contribution in [0, 0.1) is 0 Å². The number of hydrogen-bond donors (Lipinski definition) is 2. The van der Waals surface area contributed by atoms with Gasteiger partial charge in [0.1, 0.15) is 0 Å². The fourth-order valence-corrected chi connectivity index (χ4v) is 2.34. The molecule has 0 radical (unpaired) electrons. The number of ether oxygens (including phenoxy) is 1. The summed E-state index contributed by atoms with van der Waals surface area (Å²) in [7, 11) is 1.35. The van der Waals surface area contributed by atoms with Crippen LogP contribution < -0.4 is 10.6 Å². The average molecular weight is 255 g/mol. The molecule has 1 amide bonds. The number of nitrogens with zero attached hydrogens (tertiary/aromatic N) is 1. The van der Waals surface area contributed by atoms with Crippen molar-refractivity contribution in [3.63, 3.8) is 0 Å². The molecule has 0 aromatic carbocycles. The minimum atomic E-state index is -0.306. The number of carbonyl (C=O) groups excluding carboxylic acids is 2. The lowest BCUT2D eigenvalue weighted by Crippen LogP contribution is -2.22. The quantitative estimate of drug-likeness (QED) is 0.749. The van der Waals surface area contributed by atoms with Gasteiger partial charge >= 0.3 is 5.97 Å². The lowest BCUT2D eigenvalue weighted by atomic mass is 10.3. The van der Waals surface area contributed by atoms with Gasteiger partial charge in [0.15, 0.2) is 5.13 Å². The number of amides is 1. The summed E-state index contributed by atoms with van der Waals surface area (Å²) in [5.74, 6) is -0.256. The summed E-state index contributed by atoms with van der Waals surface area (Å²) in [5, 5.41) is 8.43. The number of aromatic nitrogens is 1. The number of hydrogen-bond acceptors (Lipinski definition) is 6. The molecule has 1 saturated heterocycles. The van der Waals surface area contributed by atoms with Crippen LogP contribution in [0.5, 0.6) is 0 Å². The van der Waals surface area contributed by atoms with E-state index in [9.17, 15) is 9.59 Å². The van der Waals surface area contributed by atoms with E-state index < -0.39 is 0 Å². The lowest BCUT2D eigenvalue weighted by molar-refractivity contribution is -0.139. The highest BCUT2D eigenvalue weighted by Gasteiger charge is 2.22. The molecular formula is C10H13N3O3S. The van der Waals surface area contributed by atoms with Crippen LogP contribution in [-0.4, -0.2) is 36.6 Å². The van der Waals surface area contributed by atoms with Crippen LogP contribution in [0.15, 0.2) is 5.38 Å². The van der Waals surface area contributed by atoms with E-state index in [0.29, 0.717) is 18.7 Å². The van der Waals surface area contributed by atoms with Crippen molar-refractivity contribution >= 4 is 28.3 Å². The van der Waals surface area contributed by atoms with E-state index in [1.807, 2.05) is 5.38 Å². The van der Waals surface area contributed by atoms with E-state index in [4.69, 9.17) is 0 Å². The van der Waals surface area contributed by atoms with Crippen LogP contribution >= 0.6 is 11.3 Å². The second-order valence-corrected chi connectivity index (χ2v) is 4.60. The van der Waals surface area contributed by atoms with Crippen LogP contribution in [0.4, 0.5) is 5.13 Å². The molecule has 1 unspecified atom stereocenters. The van der Waals surface area contributed by atoms with E-state index in [1.165, 1.54) is 18.4 Å². The van der Waals surface area contributed by atoms with Gasteiger partial charge in [-0.2, -0.15) is 0 Å². The molecule has 0 spiro atoms. The van der Waals surface area contributed by atoms with E-state index in [-0.39, 0.29) is 24.3 Å². The zero-order valence-electron chi connectivity index (χ0n) is 9.36. The first-order chi connectivity index (χ1) is 8.17. The van der Waals surface area contributed by atoms with Crippen molar-refractivity contribution < 1.29 is 14.3 Å². The topological polar surface area (TPSA) is 80.3 Å². The molecule has 2 heterocycles. The second-order valence-electron chi connectivity index (χ2n) is 3.75. The van der Waals surface area contributed by atoms with Gasteiger partial charge in [0.05, 0.1) is 25.3 Å². The minimum absolute atomic E-state index is 0.0499. The molecule has 1 aliphatic rings. The molecule has 0 saturated carbocycles. The Morgan fingerprint density at radius 1 is 1.76 bits per heavy atom. The SMILES string of the molecule is COC(=O)Cc1csc(NC2CNC(=O)C2)n1. The van der Waals surface area contributed by atoms with Crippen molar-refractivity contribution in [2.24, 2.45) is 0 Å². The molecule has 0 aliphatic carbocycles. The van der Waals surface area contributed by atoms with Crippen molar-refractivity contribution in [1.29, 1.82) is 0 Å². The number of rotatable bonds is 4. The van der Waals surface area contributed by atoms with Crippen molar-refractivity contribution in [2.75, 3.05) is 19.0 Å². The number of nitrogens with one attached hydrogen (secondary N) is 2. The van der Waals surface area contributed by atoms with Crippen LogP contribution in [0.1, 0.15) is 12.1 Å². The maximum absolute atomic E-state index is 11.0. The first kappa shape index (κ1) is 11.8. The van der Waals surface area contributed by atoms with Gasteiger partial charge in [0, 0.05) is 18.3 Å². The average Bonchev–Trinajstić information content (AvgIpc) is 2.89. The molecule has 0 bridgehead atoms. The molecule has 1 atom stereocenters. The predicted octanol–water partition coefficient (Wildman–Crippen LogP) is 0.159. The number of thiazole rings is 1. The first-order valence-corrected chi connectivity index (χ1v) is 6.10. The van der Waals surface area contributed by atoms with Gasteiger partial charge < -0.3 is 15.4 Å². The third kappa shape index (κ3) is 3.16. The third-order valence-corrected chi connectivity index (χ3v) is 3.23. The van der Waals surface area contributed by atoms with Crippen molar-refractivity contribution in [3.8, 4) is 0 Å². The van der Waals surface area contributed by atoms with Crippen LogP contribution in [0.3, 0.4) is 0 Å². The molecule has 7 heteroatoms. The summed E-state index contributed by atoms with van der Waals surface area (Å²) >= 11 is 1.42. The van der Waals surface area contributed by atoms with Gasteiger partial charge in [-0.25, -0.2) is 4.98 Å². The van der Waals surface area contributed by atoms with Crippen molar-refractivity contribution in [2.45, 2.75) is 18.9 Å². The van der Waals surface area contributed by atoms with Crippen LogP contribution in [0.2, 0.25) is 0 Å². The van der Waals surface area contributed by atoms with Crippen LogP contribution in [0.25, 0.3) is 0 Å². The maximum Gasteiger partial charge on any atom is 0.311 e. The van der Waals surface area contributed by atoms with E-state index in [1.54, 1.807) is 0 Å². The highest BCUT2D eigenvalue weighted by molar-refractivity contribution is 7.13. The van der Waals surface area contributed by atoms with Gasteiger partial charge in [-0.3, -0.25) is 9.59 Å². The molecule has 2 N–H and O–H groups in total. The summed E-state index contributed by atoms with van der Waals surface area (Å²) in [6.07, 6.45) is 0.641. The Morgan fingerprint density at radius 2 is 2.59 bits per heavy atom. The predicted molar refractivity (Wildman–Crippen MR) is 62.9 cm³/mol. The molecule has 1 fully saturated rings. The highest BCUT2D eigenvalue weighted by atomic mass is 32.1. The largest absolute Gasteiger partial charge is 0.469 e. The zero-order chi connectivity index (χ0) is 12.3. The summed E-state index contributed by atoms with van der Waals surface area (Å²) in [4.78, 5) is 26.3. The van der Waals surface area contributed by atoms with E-state index in [2.05, 4.69) is 20.4 Å². The van der Waals surface area contributed by atoms with E-state index in [0.717, 1.165) is 5.13 Å². The highest BCUT2D eigenvalue weighted by Crippen LogP contribution is 2.18. The van der Waals surface area contributed by atoms with Gasteiger partial charge in [-0.05, 0) is 0 Å². The molecule has 6 nitrogen and oxygen atoms in total. The van der Waals surface area contributed by atoms with Crippen LogP contribution in [-0.2, 0) is 20.7 Å². The molecule has 17 heavy (non-hydrogen) atoms. The number of esters is 1. The maximum atomic E-state index is 11.0. The normalized spacial score (nSPS) is 18.9. The monoisotopic (exact) mass is 255 g/mol. The number of anilines is 1. The molecule has 1 aliphatic heterocycles. The summed E-state index contributed by atoms with van der Waals surface area (Å²) in [6, 6.07) is 0.0830. The van der Waals surface area contributed by atoms with Gasteiger partial charge in [-0.1, -0.05) is 0 Å². The Bertz CT molecular complexity index is 432. The van der Waals surface area contributed by atoms with Gasteiger partial charge in [0.25, 0.3) is 0 Å². The molecule has 2 rings (SSSR count). The van der Waals surface area contributed by atoms with Crippen molar-refractivity contribution in [3.05, 3.63) is 11.1 Å². The van der Waals surface area contributed by atoms with Gasteiger partial charge in [-0.15, -0.1) is 11.3 Å². The zero-order valence-corrected chi connectivity index (χ0v) is 10.2. The molecule has 1 aromatic rings. The Morgan fingerprint density at radius 3 is 3.24 bits per heavy atom. The Kier molecular flexibility index (Phi) is 3.58. The van der Waals surface area contributed by atoms with Gasteiger partial charge in [0.2, 0.25) is 5.91 Å². The fraction of sp³-hybridized carbons (Fsp3) is 0.500. The smallest absolute Gasteiger partial charge is 0.311 e. The Hall–Kier alpha value is -1.63. The Labute approximate surface area is 102 Å². The molecular weight excluding hydrogens is 242 g/mol. The third-order valence-electron chi connectivity index (χ3n) is 2.41. The number of methoxy groups -OCH3 is 1. The first-order valence-electron chi connectivity index (χ1n) is 5.22. The standard InChI is InChI=1S/C10H13N3O3S/c1-16-9(15)3-7-5-17-10(13-7)12-6-2-8(14)11-4-6/h5-6H,2-4H2,1H3,(H,11,14)(H,12,13).